The molecule has 0 spiro atoms. The van der Waals surface area contributed by atoms with E-state index in [0.29, 0.717) is 13.2 Å². The number of morpholine rings is 1. The molecule has 0 aromatic carbocycles. The number of furan rings is 1. The molecule has 4 nitrogen and oxygen atoms in total. The third-order valence-electron chi connectivity index (χ3n) is 2.30. The maximum atomic E-state index is 8.75. The summed E-state index contributed by atoms with van der Waals surface area (Å²) in [6.45, 7) is 2.83. The second kappa shape index (κ2) is 4.79. The van der Waals surface area contributed by atoms with Gasteiger partial charge in [0.25, 0.3) is 0 Å². The zero-order valence-electron chi connectivity index (χ0n) is 8.15. The van der Waals surface area contributed by atoms with Crippen molar-refractivity contribution in [3.05, 3.63) is 22.6 Å². The predicted molar refractivity (Wildman–Crippen MR) is 57.0 cm³/mol. The van der Waals surface area contributed by atoms with Crippen molar-refractivity contribution >= 4 is 15.9 Å². The number of nitriles is 1. The normalized spacial score (nSPS) is 22.5. The van der Waals surface area contributed by atoms with Crippen LogP contribution in [-0.2, 0) is 11.3 Å². The maximum absolute atomic E-state index is 8.75. The van der Waals surface area contributed by atoms with Crippen LogP contribution < -0.4 is 0 Å². The Morgan fingerprint density at radius 3 is 3.13 bits per heavy atom. The van der Waals surface area contributed by atoms with Crippen molar-refractivity contribution in [2.75, 3.05) is 19.7 Å². The van der Waals surface area contributed by atoms with Gasteiger partial charge in [-0.25, -0.2) is 0 Å². The molecular formula is C10H11BrN2O2. The van der Waals surface area contributed by atoms with Crippen LogP contribution in [0.15, 0.2) is 21.2 Å². The minimum atomic E-state index is -0.308. The minimum absolute atomic E-state index is 0.308. The van der Waals surface area contributed by atoms with Crippen LogP contribution in [0.1, 0.15) is 5.76 Å². The van der Waals surface area contributed by atoms with Crippen LogP contribution in [-0.4, -0.2) is 30.7 Å². The number of ether oxygens (including phenoxy) is 1. The van der Waals surface area contributed by atoms with Gasteiger partial charge in [0.05, 0.1) is 19.2 Å². The molecule has 1 atom stereocenters. The first kappa shape index (κ1) is 10.7. The van der Waals surface area contributed by atoms with E-state index in [0.717, 1.165) is 23.5 Å². The molecule has 0 radical (unpaired) electrons. The Hall–Kier alpha value is -0.830. The lowest BCUT2D eigenvalue weighted by Gasteiger charge is -2.28. The first-order chi connectivity index (χ1) is 7.28. The first-order valence-electron chi connectivity index (χ1n) is 4.76. The minimum Gasteiger partial charge on any atom is -0.453 e. The van der Waals surface area contributed by atoms with Crippen molar-refractivity contribution in [2.24, 2.45) is 0 Å². The molecule has 0 aliphatic carbocycles. The van der Waals surface area contributed by atoms with Gasteiger partial charge < -0.3 is 9.15 Å². The Kier molecular flexibility index (Phi) is 3.41. The molecule has 1 aliphatic heterocycles. The highest BCUT2D eigenvalue weighted by Gasteiger charge is 2.20. The van der Waals surface area contributed by atoms with Crippen LogP contribution in [0.3, 0.4) is 0 Å². The molecule has 0 N–H and O–H groups in total. The van der Waals surface area contributed by atoms with Gasteiger partial charge in [-0.3, -0.25) is 4.90 Å². The average Bonchev–Trinajstić information content (AvgIpc) is 2.64. The van der Waals surface area contributed by atoms with Gasteiger partial charge in [-0.15, -0.1) is 0 Å². The topological polar surface area (TPSA) is 49.4 Å². The highest BCUT2D eigenvalue weighted by atomic mass is 79.9. The summed E-state index contributed by atoms with van der Waals surface area (Å²) in [6.07, 6.45) is -0.308. The van der Waals surface area contributed by atoms with Crippen molar-refractivity contribution < 1.29 is 9.15 Å². The summed E-state index contributed by atoms with van der Waals surface area (Å²) in [5.41, 5.74) is 0. The number of hydrogen-bond acceptors (Lipinski definition) is 4. The van der Waals surface area contributed by atoms with E-state index >= 15 is 0 Å². The van der Waals surface area contributed by atoms with E-state index < -0.39 is 0 Å². The molecule has 2 rings (SSSR count). The van der Waals surface area contributed by atoms with Gasteiger partial charge in [0.2, 0.25) is 0 Å². The zero-order chi connectivity index (χ0) is 10.7. The van der Waals surface area contributed by atoms with Crippen molar-refractivity contribution in [1.29, 1.82) is 5.26 Å². The molecule has 80 valence electrons. The Morgan fingerprint density at radius 1 is 1.60 bits per heavy atom. The van der Waals surface area contributed by atoms with Crippen LogP contribution >= 0.6 is 15.9 Å². The predicted octanol–water partition coefficient (Wildman–Crippen LogP) is 1.77. The Balaban J connectivity index is 1.92. The number of rotatable bonds is 2. The Labute approximate surface area is 96.5 Å². The molecule has 1 aromatic rings. The summed E-state index contributed by atoms with van der Waals surface area (Å²) in [5.74, 6) is 0.903. The molecule has 0 bridgehead atoms. The van der Waals surface area contributed by atoms with Crippen molar-refractivity contribution in [1.82, 2.24) is 4.90 Å². The fourth-order valence-electron chi connectivity index (χ4n) is 1.58. The molecule has 1 saturated heterocycles. The molecule has 0 saturated carbocycles. The molecule has 15 heavy (non-hydrogen) atoms. The van der Waals surface area contributed by atoms with Gasteiger partial charge in [0, 0.05) is 13.1 Å². The smallest absolute Gasteiger partial charge is 0.169 e. The lowest BCUT2D eigenvalue weighted by atomic mass is 10.3. The highest BCUT2D eigenvalue weighted by molar-refractivity contribution is 9.10. The summed E-state index contributed by atoms with van der Waals surface area (Å²) in [5, 5.41) is 8.75. The molecule has 5 heteroatoms. The van der Waals surface area contributed by atoms with E-state index in [1.165, 1.54) is 0 Å². The Morgan fingerprint density at radius 2 is 2.47 bits per heavy atom. The zero-order valence-corrected chi connectivity index (χ0v) is 9.74. The summed E-state index contributed by atoms with van der Waals surface area (Å²) in [7, 11) is 0. The number of halogens is 1. The van der Waals surface area contributed by atoms with E-state index in [-0.39, 0.29) is 6.10 Å². The number of hydrogen-bond donors (Lipinski definition) is 0. The van der Waals surface area contributed by atoms with Gasteiger partial charge in [0.15, 0.2) is 10.8 Å². The van der Waals surface area contributed by atoms with Crippen LogP contribution in [0.25, 0.3) is 0 Å². The summed E-state index contributed by atoms with van der Waals surface area (Å²) in [4.78, 5) is 2.16. The molecule has 2 heterocycles. The molecular weight excluding hydrogens is 260 g/mol. The fraction of sp³-hybridized carbons (Fsp3) is 0.500. The van der Waals surface area contributed by atoms with Crippen molar-refractivity contribution in [3.8, 4) is 6.07 Å². The second-order valence-corrected chi connectivity index (χ2v) is 4.21. The van der Waals surface area contributed by atoms with E-state index in [9.17, 15) is 0 Å². The van der Waals surface area contributed by atoms with Crippen molar-refractivity contribution in [3.63, 3.8) is 0 Å². The van der Waals surface area contributed by atoms with Gasteiger partial charge in [-0.05, 0) is 28.1 Å². The molecule has 1 aliphatic rings. The highest BCUT2D eigenvalue weighted by Crippen LogP contribution is 2.16. The van der Waals surface area contributed by atoms with Crippen LogP contribution in [0.4, 0.5) is 0 Å². The molecule has 1 fully saturated rings. The fourth-order valence-corrected chi connectivity index (χ4v) is 1.92. The third-order valence-corrected chi connectivity index (χ3v) is 2.73. The van der Waals surface area contributed by atoms with Gasteiger partial charge in [-0.2, -0.15) is 5.26 Å². The van der Waals surface area contributed by atoms with E-state index in [1.807, 2.05) is 12.1 Å². The number of nitrogens with zero attached hydrogens (tertiary/aromatic N) is 2. The van der Waals surface area contributed by atoms with Crippen LogP contribution in [0.2, 0.25) is 0 Å². The first-order valence-corrected chi connectivity index (χ1v) is 5.55. The summed E-state index contributed by atoms with van der Waals surface area (Å²) >= 11 is 3.26. The largest absolute Gasteiger partial charge is 0.453 e. The van der Waals surface area contributed by atoms with Gasteiger partial charge >= 0.3 is 0 Å². The van der Waals surface area contributed by atoms with Crippen LogP contribution in [0.5, 0.6) is 0 Å². The summed E-state index contributed by atoms with van der Waals surface area (Å²) < 4.78 is 11.4. The van der Waals surface area contributed by atoms with E-state index in [1.54, 1.807) is 0 Å². The van der Waals surface area contributed by atoms with E-state index in [2.05, 4.69) is 26.9 Å². The molecule has 1 aromatic heterocycles. The van der Waals surface area contributed by atoms with Gasteiger partial charge in [-0.1, -0.05) is 0 Å². The SMILES string of the molecule is N#CC1CN(Cc2ccc(Br)o2)CCO1. The standard InChI is InChI=1S/C10H11BrN2O2/c11-10-2-1-8(15-10)6-13-3-4-14-9(5-12)7-13/h1-2,9H,3-4,6-7H2. The Bertz CT molecular complexity index is 372. The summed E-state index contributed by atoms with van der Waals surface area (Å²) in [6, 6.07) is 5.93. The molecule has 0 amide bonds. The van der Waals surface area contributed by atoms with Crippen LogP contribution in [0, 0.1) is 11.3 Å². The molecule has 1 unspecified atom stereocenters. The average molecular weight is 271 g/mol. The maximum Gasteiger partial charge on any atom is 0.169 e. The lowest BCUT2D eigenvalue weighted by molar-refractivity contribution is -0.00494. The quantitative estimate of drug-likeness (QED) is 0.822. The third kappa shape index (κ3) is 2.81. The van der Waals surface area contributed by atoms with E-state index in [4.69, 9.17) is 14.4 Å². The van der Waals surface area contributed by atoms with Gasteiger partial charge in [0.1, 0.15) is 5.76 Å². The van der Waals surface area contributed by atoms with Crippen molar-refractivity contribution in [2.45, 2.75) is 12.6 Å². The second-order valence-electron chi connectivity index (χ2n) is 3.43. The monoisotopic (exact) mass is 270 g/mol. The lowest BCUT2D eigenvalue weighted by Crippen LogP contribution is -2.41.